The van der Waals surface area contributed by atoms with Gasteiger partial charge < -0.3 is 10.1 Å². The summed E-state index contributed by atoms with van der Waals surface area (Å²) in [6.45, 7) is 9.19. The van der Waals surface area contributed by atoms with Crippen molar-refractivity contribution in [3.8, 4) is 0 Å². The molecule has 0 saturated carbocycles. The Balaban J connectivity index is 2.00. The maximum atomic E-state index is 5.67. The quantitative estimate of drug-likeness (QED) is 0.705. The van der Waals surface area contributed by atoms with E-state index in [1.54, 1.807) is 0 Å². The fourth-order valence-electron chi connectivity index (χ4n) is 1.61. The molecule has 2 nitrogen and oxygen atoms in total. The summed E-state index contributed by atoms with van der Waals surface area (Å²) in [7, 11) is 0. The van der Waals surface area contributed by atoms with E-state index in [4.69, 9.17) is 4.74 Å². The molecule has 0 aliphatic carbocycles. The summed E-state index contributed by atoms with van der Waals surface area (Å²) in [5.74, 6) is 0. The molecule has 1 rings (SSSR count). The molecule has 16 heavy (non-hydrogen) atoms. The Bertz CT molecular complexity index is 285. The second kappa shape index (κ2) is 7.82. The van der Waals surface area contributed by atoms with Crippen LogP contribution in [0.15, 0.2) is 12.1 Å². The van der Waals surface area contributed by atoms with E-state index in [2.05, 4.69) is 38.2 Å². The maximum absolute atomic E-state index is 5.67. The lowest BCUT2D eigenvalue weighted by atomic mass is 10.2. The third kappa shape index (κ3) is 5.64. The highest BCUT2D eigenvalue weighted by Gasteiger charge is 2.00. The van der Waals surface area contributed by atoms with Gasteiger partial charge in [-0.15, -0.1) is 11.3 Å². The van der Waals surface area contributed by atoms with Gasteiger partial charge in [-0.2, -0.15) is 0 Å². The molecule has 0 amide bonds. The number of nitrogens with one attached hydrogen (secondary N) is 1. The summed E-state index contributed by atoms with van der Waals surface area (Å²) in [5.41, 5.74) is 0. The summed E-state index contributed by atoms with van der Waals surface area (Å²) in [6, 6.07) is 4.36. The van der Waals surface area contributed by atoms with Crippen LogP contribution in [-0.4, -0.2) is 19.3 Å². The van der Waals surface area contributed by atoms with Crippen molar-refractivity contribution in [3.05, 3.63) is 21.9 Å². The lowest BCUT2D eigenvalue weighted by molar-refractivity contribution is 0.0617. The highest BCUT2D eigenvalue weighted by atomic mass is 32.1. The van der Waals surface area contributed by atoms with Crippen LogP contribution in [0, 0.1) is 6.92 Å². The highest BCUT2D eigenvalue weighted by Crippen LogP contribution is 2.14. The number of hydrogen-bond donors (Lipinski definition) is 1. The molecule has 0 aliphatic heterocycles. The van der Waals surface area contributed by atoms with Crippen LogP contribution in [0.25, 0.3) is 0 Å². The molecule has 1 aromatic rings. The topological polar surface area (TPSA) is 21.3 Å². The average Bonchev–Trinajstić information content (AvgIpc) is 2.64. The lowest BCUT2D eigenvalue weighted by Crippen LogP contribution is -2.21. The highest BCUT2D eigenvalue weighted by molar-refractivity contribution is 7.11. The Labute approximate surface area is 103 Å². The summed E-state index contributed by atoms with van der Waals surface area (Å²) in [6.07, 6.45) is 2.75. The summed E-state index contributed by atoms with van der Waals surface area (Å²) >= 11 is 1.86. The molecule has 1 N–H and O–H groups in total. The van der Waals surface area contributed by atoms with Crippen LogP contribution in [-0.2, 0) is 11.3 Å². The zero-order valence-electron chi connectivity index (χ0n) is 10.6. The second-order valence-electron chi connectivity index (χ2n) is 4.16. The normalized spacial score (nSPS) is 12.9. The monoisotopic (exact) mass is 241 g/mol. The zero-order valence-corrected chi connectivity index (χ0v) is 11.4. The van der Waals surface area contributed by atoms with Crippen molar-refractivity contribution >= 4 is 11.3 Å². The van der Waals surface area contributed by atoms with Crippen LogP contribution < -0.4 is 5.32 Å². The van der Waals surface area contributed by atoms with E-state index in [0.29, 0.717) is 6.10 Å². The van der Waals surface area contributed by atoms with Gasteiger partial charge in [-0.25, -0.2) is 0 Å². The van der Waals surface area contributed by atoms with Crippen molar-refractivity contribution < 1.29 is 4.74 Å². The lowest BCUT2D eigenvalue weighted by Gasteiger charge is -2.11. The van der Waals surface area contributed by atoms with E-state index in [1.165, 1.54) is 16.2 Å². The van der Waals surface area contributed by atoms with Crippen LogP contribution in [0.1, 0.15) is 36.4 Å². The Hall–Kier alpha value is -0.380. The van der Waals surface area contributed by atoms with Crippen LogP contribution in [0.4, 0.5) is 0 Å². The molecule has 0 radical (unpaired) electrons. The SMILES string of the molecule is CCCC(C)OCCNCc1ccc(C)s1. The van der Waals surface area contributed by atoms with E-state index in [-0.39, 0.29) is 0 Å². The minimum atomic E-state index is 0.399. The van der Waals surface area contributed by atoms with Crippen LogP contribution in [0.5, 0.6) is 0 Å². The molecule has 3 heteroatoms. The largest absolute Gasteiger partial charge is 0.377 e. The first-order chi connectivity index (χ1) is 7.72. The molecule has 0 aliphatic rings. The molecule has 0 saturated heterocycles. The van der Waals surface area contributed by atoms with Gasteiger partial charge in [0.15, 0.2) is 0 Å². The van der Waals surface area contributed by atoms with Gasteiger partial charge in [-0.1, -0.05) is 13.3 Å². The predicted molar refractivity (Wildman–Crippen MR) is 71.1 cm³/mol. The maximum Gasteiger partial charge on any atom is 0.0594 e. The van der Waals surface area contributed by atoms with Crippen molar-refractivity contribution in [1.29, 1.82) is 0 Å². The first-order valence-corrected chi connectivity index (χ1v) is 6.91. The average molecular weight is 241 g/mol. The molecule has 1 unspecified atom stereocenters. The Morgan fingerprint density at radius 1 is 1.44 bits per heavy atom. The van der Waals surface area contributed by atoms with Crippen molar-refractivity contribution in [2.75, 3.05) is 13.2 Å². The Morgan fingerprint density at radius 2 is 2.25 bits per heavy atom. The van der Waals surface area contributed by atoms with Gasteiger partial charge in [0.05, 0.1) is 12.7 Å². The fraction of sp³-hybridized carbons (Fsp3) is 0.692. The molecule has 92 valence electrons. The minimum Gasteiger partial charge on any atom is -0.377 e. The molecule has 1 aromatic heterocycles. The molecule has 0 aromatic carbocycles. The van der Waals surface area contributed by atoms with Crippen molar-refractivity contribution in [2.45, 2.75) is 46.3 Å². The summed E-state index contributed by atoms with van der Waals surface area (Å²) in [5, 5.41) is 3.40. The van der Waals surface area contributed by atoms with Gasteiger partial charge in [0, 0.05) is 22.8 Å². The first kappa shape index (κ1) is 13.7. The molecular formula is C13H23NOS. The van der Waals surface area contributed by atoms with Crippen LogP contribution in [0.3, 0.4) is 0 Å². The molecule has 0 spiro atoms. The molecule has 1 atom stereocenters. The summed E-state index contributed by atoms with van der Waals surface area (Å²) in [4.78, 5) is 2.78. The fourth-order valence-corrected chi connectivity index (χ4v) is 2.47. The van der Waals surface area contributed by atoms with E-state index < -0.39 is 0 Å². The van der Waals surface area contributed by atoms with E-state index >= 15 is 0 Å². The van der Waals surface area contributed by atoms with Crippen molar-refractivity contribution in [3.63, 3.8) is 0 Å². The molecule has 0 fully saturated rings. The zero-order chi connectivity index (χ0) is 11.8. The Kier molecular flexibility index (Phi) is 6.69. The van der Waals surface area contributed by atoms with Crippen molar-refractivity contribution in [1.82, 2.24) is 5.32 Å². The van der Waals surface area contributed by atoms with Crippen molar-refractivity contribution in [2.24, 2.45) is 0 Å². The third-order valence-electron chi connectivity index (χ3n) is 2.47. The second-order valence-corrected chi connectivity index (χ2v) is 5.53. The van der Waals surface area contributed by atoms with E-state index in [0.717, 1.165) is 26.1 Å². The predicted octanol–water partition coefficient (Wildman–Crippen LogP) is 3.35. The smallest absolute Gasteiger partial charge is 0.0594 e. The van der Waals surface area contributed by atoms with Crippen LogP contribution >= 0.6 is 11.3 Å². The third-order valence-corrected chi connectivity index (χ3v) is 3.47. The standard InChI is InChI=1S/C13H23NOS/c1-4-5-11(2)15-9-8-14-10-13-7-6-12(3)16-13/h6-7,11,14H,4-5,8-10H2,1-3H3. The number of ether oxygens (including phenoxy) is 1. The van der Waals surface area contributed by atoms with Gasteiger partial charge in [0.1, 0.15) is 0 Å². The molecular weight excluding hydrogens is 218 g/mol. The van der Waals surface area contributed by atoms with Gasteiger partial charge in [-0.3, -0.25) is 0 Å². The first-order valence-electron chi connectivity index (χ1n) is 6.10. The van der Waals surface area contributed by atoms with Gasteiger partial charge >= 0.3 is 0 Å². The van der Waals surface area contributed by atoms with Gasteiger partial charge in [0.2, 0.25) is 0 Å². The number of rotatable bonds is 8. The Morgan fingerprint density at radius 3 is 2.88 bits per heavy atom. The number of aryl methyl sites for hydroxylation is 1. The van der Waals surface area contributed by atoms with Gasteiger partial charge in [-0.05, 0) is 32.4 Å². The van der Waals surface area contributed by atoms with E-state index in [1.807, 2.05) is 11.3 Å². The van der Waals surface area contributed by atoms with Gasteiger partial charge in [0.25, 0.3) is 0 Å². The number of thiophene rings is 1. The minimum absolute atomic E-state index is 0.399. The molecule has 0 bridgehead atoms. The van der Waals surface area contributed by atoms with Crippen LogP contribution in [0.2, 0.25) is 0 Å². The van der Waals surface area contributed by atoms with E-state index in [9.17, 15) is 0 Å². The molecule has 1 heterocycles. The summed E-state index contributed by atoms with van der Waals surface area (Å²) < 4.78 is 5.67. The number of hydrogen-bond acceptors (Lipinski definition) is 3.